The van der Waals surface area contributed by atoms with Gasteiger partial charge in [0.25, 0.3) is 0 Å². The molecular formula is C12H17NO2S. The molecule has 0 aromatic heterocycles. The highest BCUT2D eigenvalue weighted by Gasteiger charge is 2.38. The van der Waals surface area contributed by atoms with Crippen molar-refractivity contribution >= 4 is 10.0 Å². The molecule has 1 N–H and O–H groups in total. The lowest BCUT2D eigenvalue weighted by atomic mass is 10.2. The summed E-state index contributed by atoms with van der Waals surface area (Å²) in [5.41, 5.74) is 0.978. The Morgan fingerprint density at radius 3 is 2.50 bits per heavy atom. The molecule has 1 aromatic rings. The Labute approximate surface area is 96.9 Å². The molecule has 4 heteroatoms. The predicted octanol–water partition coefficient (Wildman–Crippen LogP) is 2.07. The molecule has 0 amide bonds. The Morgan fingerprint density at radius 2 is 1.94 bits per heavy atom. The van der Waals surface area contributed by atoms with Gasteiger partial charge in [-0.15, -0.1) is 0 Å². The van der Waals surface area contributed by atoms with Crippen LogP contribution in [0.5, 0.6) is 0 Å². The van der Waals surface area contributed by atoms with Crippen LogP contribution in [0.3, 0.4) is 0 Å². The first-order valence-electron chi connectivity index (χ1n) is 5.48. The van der Waals surface area contributed by atoms with Gasteiger partial charge in [0.1, 0.15) is 0 Å². The number of aryl methyl sites for hydroxylation is 1. The van der Waals surface area contributed by atoms with Crippen LogP contribution in [0.1, 0.15) is 25.3 Å². The number of hydrogen-bond donors (Lipinski definition) is 1. The predicted molar refractivity (Wildman–Crippen MR) is 63.7 cm³/mol. The van der Waals surface area contributed by atoms with E-state index >= 15 is 0 Å². The highest BCUT2D eigenvalue weighted by molar-refractivity contribution is 7.89. The monoisotopic (exact) mass is 239 g/mol. The first-order valence-corrected chi connectivity index (χ1v) is 6.97. The minimum Gasteiger partial charge on any atom is -0.211 e. The fourth-order valence-electron chi connectivity index (χ4n) is 1.60. The largest absolute Gasteiger partial charge is 0.240 e. The smallest absolute Gasteiger partial charge is 0.211 e. The summed E-state index contributed by atoms with van der Waals surface area (Å²) < 4.78 is 26.7. The minimum absolute atomic E-state index is 0.190. The van der Waals surface area contributed by atoms with Crippen molar-refractivity contribution in [3.8, 4) is 0 Å². The maximum Gasteiger partial charge on any atom is 0.240 e. The minimum atomic E-state index is -3.33. The number of benzene rings is 1. The van der Waals surface area contributed by atoms with Crippen molar-refractivity contribution in [3.63, 3.8) is 0 Å². The lowest BCUT2D eigenvalue weighted by molar-refractivity contribution is 0.530. The van der Waals surface area contributed by atoms with Gasteiger partial charge in [0.2, 0.25) is 10.0 Å². The molecule has 0 heterocycles. The maximum absolute atomic E-state index is 12.0. The quantitative estimate of drug-likeness (QED) is 0.874. The van der Waals surface area contributed by atoms with Gasteiger partial charge >= 0.3 is 0 Å². The molecule has 1 saturated carbocycles. The summed E-state index contributed by atoms with van der Waals surface area (Å²) in [5.74, 6) is 0. The molecule has 88 valence electrons. The third-order valence-electron chi connectivity index (χ3n) is 3.18. The molecule has 0 saturated heterocycles. The lowest BCUT2D eigenvalue weighted by Gasteiger charge is -2.12. The number of nitrogens with one attached hydrogen (secondary N) is 1. The van der Waals surface area contributed by atoms with Gasteiger partial charge in [-0.3, -0.25) is 0 Å². The van der Waals surface area contributed by atoms with Crippen LogP contribution < -0.4 is 4.72 Å². The van der Waals surface area contributed by atoms with E-state index in [1.54, 1.807) is 12.1 Å². The summed E-state index contributed by atoms with van der Waals surface area (Å²) in [6, 6.07) is 7.05. The molecule has 2 rings (SSSR count). The Bertz CT molecular complexity index is 489. The van der Waals surface area contributed by atoms with Crippen LogP contribution in [-0.2, 0) is 10.0 Å². The number of sulfonamides is 1. The second kappa shape index (κ2) is 3.86. The number of rotatable bonds is 4. The summed E-state index contributed by atoms with van der Waals surface area (Å²) in [6.07, 6.45) is 2.23. The van der Waals surface area contributed by atoms with Gasteiger partial charge in [0.15, 0.2) is 0 Å². The molecule has 1 aromatic carbocycles. The average Bonchev–Trinajstić information content (AvgIpc) is 2.95. The number of hydrogen-bond acceptors (Lipinski definition) is 2. The van der Waals surface area contributed by atoms with Gasteiger partial charge < -0.3 is 0 Å². The molecule has 1 aliphatic rings. The zero-order valence-corrected chi connectivity index (χ0v) is 10.5. The summed E-state index contributed by atoms with van der Waals surface area (Å²) in [4.78, 5) is 0.388. The topological polar surface area (TPSA) is 46.2 Å². The third-order valence-corrected chi connectivity index (χ3v) is 4.74. The van der Waals surface area contributed by atoms with Crippen LogP contribution in [-0.4, -0.2) is 15.0 Å². The van der Waals surface area contributed by atoms with E-state index in [0.717, 1.165) is 18.4 Å². The zero-order valence-electron chi connectivity index (χ0n) is 9.66. The van der Waals surface area contributed by atoms with Crippen LogP contribution in [0.15, 0.2) is 29.2 Å². The molecule has 0 bridgehead atoms. The molecule has 3 nitrogen and oxygen atoms in total. The first-order chi connectivity index (χ1) is 7.43. The maximum atomic E-state index is 12.0. The van der Waals surface area contributed by atoms with E-state index in [4.69, 9.17) is 0 Å². The standard InChI is InChI=1S/C12H17NO2S/c1-10-5-3-4-6-11(10)16(14,15)13-9-12(2)7-8-12/h3-6,13H,7-9H2,1-2H3. The molecule has 0 aliphatic heterocycles. The molecule has 16 heavy (non-hydrogen) atoms. The van der Waals surface area contributed by atoms with Crippen molar-refractivity contribution in [2.24, 2.45) is 5.41 Å². The summed E-state index contributed by atoms with van der Waals surface area (Å²) in [7, 11) is -3.33. The van der Waals surface area contributed by atoms with Crippen LogP contribution in [0, 0.1) is 12.3 Å². The Hall–Kier alpha value is -0.870. The van der Waals surface area contributed by atoms with Crippen LogP contribution >= 0.6 is 0 Å². The first kappa shape index (κ1) is 11.6. The molecular weight excluding hydrogens is 222 g/mol. The molecule has 0 spiro atoms. The van der Waals surface area contributed by atoms with E-state index in [0.29, 0.717) is 11.4 Å². The Morgan fingerprint density at radius 1 is 1.31 bits per heavy atom. The second-order valence-electron chi connectivity index (χ2n) is 4.90. The zero-order chi connectivity index (χ0) is 11.8. The van der Waals surface area contributed by atoms with E-state index in [1.165, 1.54) is 0 Å². The second-order valence-corrected chi connectivity index (χ2v) is 6.64. The van der Waals surface area contributed by atoms with E-state index in [-0.39, 0.29) is 5.41 Å². The molecule has 0 radical (unpaired) electrons. The van der Waals surface area contributed by atoms with Gasteiger partial charge in [-0.1, -0.05) is 25.1 Å². The molecule has 1 aliphatic carbocycles. The van der Waals surface area contributed by atoms with Gasteiger partial charge in [-0.2, -0.15) is 0 Å². The van der Waals surface area contributed by atoms with Crippen molar-refractivity contribution in [2.45, 2.75) is 31.6 Å². The lowest BCUT2D eigenvalue weighted by Crippen LogP contribution is -2.29. The highest BCUT2D eigenvalue weighted by Crippen LogP contribution is 2.44. The fraction of sp³-hybridized carbons (Fsp3) is 0.500. The summed E-state index contributed by atoms with van der Waals surface area (Å²) in [6.45, 7) is 4.46. The van der Waals surface area contributed by atoms with E-state index in [1.807, 2.05) is 19.1 Å². The average molecular weight is 239 g/mol. The van der Waals surface area contributed by atoms with Crippen molar-refractivity contribution < 1.29 is 8.42 Å². The van der Waals surface area contributed by atoms with Crippen LogP contribution in [0.2, 0.25) is 0 Å². The summed E-state index contributed by atoms with van der Waals surface area (Å²) >= 11 is 0. The normalized spacial score (nSPS) is 18.4. The Balaban J connectivity index is 2.16. The van der Waals surface area contributed by atoms with Crippen molar-refractivity contribution in [2.75, 3.05) is 6.54 Å². The molecule has 1 fully saturated rings. The van der Waals surface area contributed by atoms with Gasteiger partial charge in [-0.25, -0.2) is 13.1 Å². The molecule has 0 unspecified atom stereocenters. The van der Waals surface area contributed by atoms with E-state index in [2.05, 4.69) is 11.6 Å². The van der Waals surface area contributed by atoms with Gasteiger partial charge in [0.05, 0.1) is 4.90 Å². The van der Waals surface area contributed by atoms with Gasteiger partial charge in [0, 0.05) is 6.54 Å². The van der Waals surface area contributed by atoms with Crippen molar-refractivity contribution in [1.29, 1.82) is 0 Å². The van der Waals surface area contributed by atoms with Crippen LogP contribution in [0.4, 0.5) is 0 Å². The van der Waals surface area contributed by atoms with Crippen LogP contribution in [0.25, 0.3) is 0 Å². The van der Waals surface area contributed by atoms with E-state index < -0.39 is 10.0 Å². The fourth-order valence-corrected chi connectivity index (χ4v) is 3.04. The highest BCUT2D eigenvalue weighted by atomic mass is 32.2. The van der Waals surface area contributed by atoms with Gasteiger partial charge in [-0.05, 0) is 36.8 Å². The van der Waals surface area contributed by atoms with Crippen molar-refractivity contribution in [1.82, 2.24) is 4.72 Å². The summed E-state index contributed by atoms with van der Waals surface area (Å²) in [5, 5.41) is 0. The third kappa shape index (κ3) is 2.44. The van der Waals surface area contributed by atoms with Crippen molar-refractivity contribution in [3.05, 3.63) is 29.8 Å². The molecule has 0 atom stereocenters. The van der Waals surface area contributed by atoms with E-state index in [9.17, 15) is 8.42 Å². The SMILES string of the molecule is Cc1ccccc1S(=O)(=O)NCC1(C)CC1. The Kier molecular flexibility index (Phi) is 2.80.